The summed E-state index contributed by atoms with van der Waals surface area (Å²) in [6.07, 6.45) is 0.675. The number of Topliss-reactive ketones (excluding diaryl/α,β-unsaturated/α-hetero) is 1. The molecule has 1 N–H and O–H groups in total. The van der Waals surface area contributed by atoms with Crippen molar-refractivity contribution in [1.82, 2.24) is 4.90 Å². The number of ketones is 1. The molecular formula is C26H30ClNO5. The lowest BCUT2D eigenvalue weighted by atomic mass is 9.95. The molecule has 2 aromatic rings. The van der Waals surface area contributed by atoms with Crippen LogP contribution in [-0.4, -0.2) is 41.5 Å². The molecule has 1 aliphatic rings. The van der Waals surface area contributed by atoms with Gasteiger partial charge in [0.15, 0.2) is 0 Å². The molecule has 1 fully saturated rings. The number of ether oxygens (including phenoxy) is 2. The van der Waals surface area contributed by atoms with Crippen LogP contribution in [0.3, 0.4) is 0 Å². The molecule has 33 heavy (non-hydrogen) atoms. The second-order valence-corrected chi connectivity index (χ2v) is 8.75. The summed E-state index contributed by atoms with van der Waals surface area (Å²) < 4.78 is 11.3. The van der Waals surface area contributed by atoms with E-state index in [2.05, 4.69) is 13.8 Å². The lowest BCUT2D eigenvalue weighted by Crippen LogP contribution is -2.30. The molecule has 1 amide bonds. The Labute approximate surface area is 199 Å². The van der Waals surface area contributed by atoms with E-state index in [4.69, 9.17) is 21.1 Å². The lowest BCUT2D eigenvalue weighted by molar-refractivity contribution is -0.139. The summed E-state index contributed by atoms with van der Waals surface area (Å²) in [6.45, 7) is 9.28. The second-order valence-electron chi connectivity index (χ2n) is 8.34. The van der Waals surface area contributed by atoms with Gasteiger partial charge in [0.1, 0.15) is 17.3 Å². The quantitative estimate of drug-likeness (QED) is 0.292. The third-order valence-electron chi connectivity index (χ3n) is 5.29. The highest BCUT2D eigenvalue weighted by atomic mass is 35.5. The maximum atomic E-state index is 13.0. The number of hydrogen-bond donors (Lipinski definition) is 1. The molecule has 1 aliphatic heterocycles. The van der Waals surface area contributed by atoms with E-state index in [-0.39, 0.29) is 11.3 Å². The molecule has 1 heterocycles. The van der Waals surface area contributed by atoms with Crippen LogP contribution in [0, 0.1) is 5.92 Å². The molecule has 7 heteroatoms. The molecule has 1 saturated heterocycles. The van der Waals surface area contributed by atoms with Crippen molar-refractivity contribution >= 4 is 29.1 Å². The number of aliphatic hydroxyl groups excluding tert-OH is 1. The number of nitrogens with zero attached hydrogens (tertiary/aromatic N) is 1. The monoisotopic (exact) mass is 471 g/mol. The fourth-order valence-corrected chi connectivity index (χ4v) is 3.95. The summed E-state index contributed by atoms with van der Waals surface area (Å²) in [5.74, 6) is -0.0911. The van der Waals surface area contributed by atoms with Crippen molar-refractivity contribution in [3.63, 3.8) is 0 Å². The SMILES string of the molecule is CCCN1C(=O)C(=O)/C(=C(\O)c2ccc(Cl)c(OCC)c2)C1c1ccc(OCC(C)C)cc1. The van der Waals surface area contributed by atoms with Crippen LogP contribution in [0.4, 0.5) is 0 Å². The van der Waals surface area contributed by atoms with Crippen LogP contribution in [-0.2, 0) is 9.59 Å². The first kappa shape index (κ1) is 24.6. The molecular weight excluding hydrogens is 442 g/mol. The van der Waals surface area contributed by atoms with E-state index in [9.17, 15) is 14.7 Å². The third kappa shape index (κ3) is 5.33. The molecule has 176 valence electrons. The standard InChI is InChI=1S/C26H30ClNO5/c1-5-13-28-23(17-7-10-19(11-8-17)33-15-16(3)4)22(25(30)26(28)31)24(29)18-9-12-20(27)21(14-18)32-6-2/h7-12,14,16,23,29H,5-6,13,15H2,1-4H3/b24-22-. The molecule has 3 rings (SSSR count). The van der Waals surface area contributed by atoms with E-state index >= 15 is 0 Å². The van der Waals surface area contributed by atoms with Crippen LogP contribution in [0.5, 0.6) is 11.5 Å². The average Bonchev–Trinajstić information content (AvgIpc) is 3.04. The highest BCUT2D eigenvalue weighted by Crippen LogP contribution is 2.40. The van der Waals surface area contributed by atoms with Crippen molar-refractivity contribution < 1.29 is 24.2 Å². The fraction of sp³-hybridized carbons (Fsp3) is 0.385. The number of carbonyl (C=O) groups is 2. The molecule has 0 bridgehead atoms. The first-order valence-corrected chi connectivity index (χ1v) is 11.6. The number of amides is 1. The van der Waals surface area contributed by atoms with Gasteiger partial charge in [0.05, 0.1) is 29.9 Å². The Morgan fingerprint density at radius 1 is 1.09 bits per heavy atom. The molecule has 1 atom stereocenters. The zero-order chi connectivity index (χ0) is 24.1. The first-order valence-electron chi connectivity index (χ1n) is 11.2. The van der Waals surface area contributed by atoms with E-state index in [1.165, 1.54) is 4.90 Å². The summed E-state index contributed by atoms with van der Waals surface area (Å²) in [4.78, 5) is 27.4. The highest BCUT2D eigenvalue weighted by Gasteiger charge is 2.45. The number of carbonyl (C=O) groups excluding carboxylic acids is 2. The Hall–Kier alpha value is -2.99. The van der Waals surface area contributed by atoms with Gasteiger partial charge in [0.2, 0.25) is 0 Å². The van der Waals surface area contributed by atoms with E-state index in [1.54, 1.807) is 18.2 Å². The Kier molecular flexibility index (Phi) is 8.03. The number of halogens is 1. The maximum Gasteiger partial charge on any atom is 0.295 e. The van der Waals surface area contributed by atoms with E-state index in [1.807, 2.05) is 38.1 Å². The van der Waals surface area contributed by atoms with Gasteiger partial charge in [-0.2, -0.15) is 0 Å². The number of aliphatic hydroxyl groups is 1. The largest absolute Gasteiger partial charge is 0.507 e. The molecule has 0 radical (unpaired) electrons. The van der Waals surface area contributed by atoms with Crippen LogP contribution in [0.2, 0.25) is 5.02 Å². The van der Waals surface area contributed by atoms with Crippen LogP contribution >= 0.6 is 11.6 Å². The predicted molar refractivity (Wildman–Crippen MR) is 129 cm³/mol. The van der Waals surface area contributed by atoms with Crippen LogP contribution in [0.25, 0.3) is 5.76 Å². The van der Waals surface area contributed by atoms with E-state index in [0.29, 0.717) is 54.2 Å². The van der Waals surface area contributed by atoms with Gasteiger partial charge < -0.3 is 19.5 Å². The van der Waals surface area contributed by atoms with Crippen molar-refractivity contribution in [2.24, 2.45) is 5.92 Å². The van der Waals surface area contributed by atoms with Gasteiger partial charge in [-0.25, -0.2) is 0 Å². The van der Waals surface area contributed by atoms with Gasteiger partial charge in [0.25, 0.3) is 11.7 Å². The third-order valence-corrected chi connectivity index (χ3v) is 5.60. The van der Waals surface area contributed by atoms with Crippen LogP contribution < -0.4 is 9.47 Å². The van der Waals surface area contributed by atoms with Gasteiger partial charge in [-0.15, -0.1) is 0 Å². The van der Waals surface area contributed by atoms with E-state index < -0.39 is 17.7 Å². The second kappa shape index (κ2) is 10.8. The van der Waals surface area contributed by atoms with Gasteiger partial charge in [0, 0.05) is 12.1 Å². The highest BCUT2D eigenvalue weighted by molar-refractivity contribution is 6.46. The molecule has 0 spiro atoms. The van der Waals surface area contributed by atoms with Crippen molar-refractivity contribution in [2.75, 3.05) is 19.8 Å². The number of benzene rings is 2. The minimum absolute atomic E-state index is 0.0501. The normalized spacial score (nSPS) is 17.6. The number of likely N-dealkylation sites (tertiary alicyclic amines) is 1. The van der Waals surface area contributed by atoms with Gasteiger partial charge >= 0.3 is 0 Å². The Bertz CT molecular complexity index is 1050. The Morgan fingerprint density at radius 2 is 1.79 bits per heavy atom. The Morgan fingerprint density at radius 3 is 2.39 bits per heavy atom. The summed E-state index contributed by atoms with van der Waals surface area (Å²) in [5.41, 5.74) is 1.13. The Balaban J connectivity index is 2.07. The predicted octanol–water partition coefficient (Wildman–Crippen LogP) is 5.61. The molecule has 2 aromatic carbocycles. The zero-order valence-corrected chi connectivity index (χ0v) is 20.2. The average molecular weight is 472 g/mol. The van der Waals surface area contributed by atoms with Crippen molar-refractivity contribution in [3.8, 4) is 11.5 Å². The van der Waals surface area contributed by atoms with Crippen molar-refractivity contribution in [2.45, 2.75) is 40.2 Å². The minimum atomic E-state index is -0.709. The lowest BCUT2D eigenvalue weighted by Gasteiger charge is -2.25. The molecule has 0 aliphatic carbocycles. The molecule has 0 aromatic heterocycles. The minimum Gasteiger partial charge on any atom is -0.507 e. The number of hydrogen-bond acceptors (Lipinski definition) is 5. The molecule has 0 saturated carbocycles. The van der Waals surface area contributed by atoms with Gasteiger partial charge in [-0.3, -0.25) is 9.59 Å². The topological polar surface area (TPSA) is 76.1 Å². The van der Waals surface area contributed by atoms with Crippen molar-refractivity contribution in [3.05, 3.63) is 64.2 Å². The van der Waals surface area contributed by atoms with Gasteiger partial charge in [-0.05, 0) is 55.2 Å². The summed E-state index contributed by atoms with van der Waals surface area (Å²) in [7, 11) is 0. The smallest absolute Gasteiger partial charge is 0.295 e. The summed E-state index contributed by atoms with van der Waals surface area (Å²) >= 11 is 6.18. The molecule has 6 nitrogen and oxygen atoms in total. The van der Waals surface area contributed by atoms with Gasteiger partial charge in [-0.1, -0.05) is 44.5 Å². The number of rotatable bonds is 9. The van der Waals surface area contributed by atoms with Crippen LogP contribution in [0.15, 0.2) is 48.0 Å². The van der Waals surface area contributed by atoms with Crippen LogP contribution in [0.1, 0.15) is 51.3 Å². The summed E-state index contributed by atoms with van der Waals surface area (Å²) in [6, 6.07) is 11.4. The fourth-order valence-electron chi connectivity index (χ4n) is 3.78. The molecule has 1 unspecified atom stereocenters. The maximum absolute atomic E-state index is 13.0. The van der Waals surface area contributed by atoms with Crippen molar-refractivity contribution in [1.29, 1.82) is 0 Å². The zero-order valence-electron chi connectivity index (χ0n) is 19.4. The first-order chi connectivity index (χ1) is 15.8. The van der Waals surface area contributed by atoms with E-state index in [0.717, 1.165) is 5.56 Å². The summed E-state index contributed by atoms with van der Waals surface area (Å²) in [5, 5.41) is 11.6.